The number of nitrogens with zero attached hydrogens (tertiary/aromatic N) is 1. The van der Waals surface area contributed by atoms with Gasteiger partial charge in [0.15, 0.2) is 0 Å². The maximum absolute atomic E-state index is 13.3. The van der Waals surface area contributed by atoms with Crippen LogP contribution in [0.5, 0.6) is 0 Å². The molecule has 2 aromatic rings. The topological polar surface area (TPSA) is 66.5 Å². The summed E-state index contributed by atoms with van der Waals surface area (Å²) in [5.74, 6) is -0.892. The minimum absolute atomic E-state index is 0.00160. The zero-order valence-electron chi connectivity index (χ0n) is 17.1. The first kappa shape index (κ1) is 22.9. The van der Waals surface area contributed by atoms with E-state index in [1.807, 2.05) is 26.0 Å². The van der Waals surface area contributed by atoms with Crippen LogP contribution in [0.15, 0.2) is 45.8 Å². The zero-order chi connectivity index (χ0) is 21.9. The summed E-state index contributed by atoms with van der Waals surface area (Å²) in [7, 11) is -3.93. The van der Waals surface area contributed by atoms with E-state index in [2.05, 4.69) is 21.2 Å². The van der Waals surface area contributed by atoms with Crippen LogP contribution in [-0.2, 0) is 14.8 Å². The standard InChI is InChI=1S/C22H26BrFN2O3S/c1-15-12-17(23)13-16(2)22(15)25-21(27)14-26(19-6-4-3-5-7-19)30(28,29)20-10-8-18(24)9-11-20/h8-13,19H,3-7,14H2,1-2H3,(H,25,27). The van der Waals surface area contributed by atoms with Crippen LogP contribution in [0.1, 0.15) is 43.2 Å². The van der Waals surface area contributed by atoms with Crippen LogP contribution in [0.3, 0.4) is 0 Å². The molecule has 1 fully saturated rings. The van der Waals surface area contributed by atoms with Crippen molar-refractivity contribution < 1.29 is 17.6 Å². The summed E-state index contributed by atoms with van der Waals surface area (Å²) in [5.41, 5.74) is 2.47. The normalized spacial score (nSPS) is 15.4. The first-order valence-corrected chi connectivity index (χ1v) is 12.3. The number of benzene rings is 2. The van der Waals surface area contributed by atoms with Crippen molar-refractivity contribution in [2.75, 3.05) is 11.9 Å². The minimum Gasteiger partial charge on any atom is -0.324 e. The number of anilines is 1. The molecule has 1 N–H and O–H groups in total. The van der Waals surface area contributed by atoms with Crippen LogP contribution >= 0.6 is 15.9 Å². The summed E-state index contributed by atoms with van der Waals surface area (Å²) in [6.07, 6.45) is 4.33. The third-order valence-electron chi connectivity index (χ3n) is 5.46. The third-order valence-corrected chi connectivity index (χ3v) is 7.83. The number of hydrogen-bond donors (Lipinski definition) is 1. The Balaban J connectivity index is 1.87. The summed E-state index contributed by atoms with van der Waals surface area (Å²) in [6, 6.07) is 8.31. The van der Waals surface area contributed by atoms with Gasteiger partial charge in [0, 0.05) is 16.2 Å². The van der Waals surface area contributed by atoms with Crippen LogP contribution < -0.4 is 5.32 Å². The number of amides is 1. The third kappa shape index (κ3) is 5.28. The average molecular weight is 497 g/mol. The molecule has 8 heteroatoms. The largest absolute Gasteiger partial charge is 0.324 e. The van der Waals surface area contributed by atoms with E-state index in [0.29, 0.717) is 18.5 Å². The molecule has 0 bridgehead atoms. The molecule has 1 saturated carbocycles. The first-order chi connectivity index (χ1) is 14.2. The van der Waals surface area contributed by atoms with Gasteiger partial charge in [0.05, 0.1) is 11.4 Å². The second kappa shape index (κ2) is 9.58. The van der Waals surface area contributed by atoms with Crippen LogP contribution in [0.2, 0.25) is 0 Å². The molecule has 0 radical (unpaired) electrons. The smallest absolute Gasteiger partial charge is 0.243 e. The highest BCUT2D eigenvalue weighted by molar-refractivity contribution is 9.10. The molecule has 0 heterocycles. The van der Waals surface area contributed by atoms with Crippen molar-refractivity contribution in [3.63, 3.8) is 0 Å². The molecule has 1 aliphatic rings. The van der Waals surface area contributed by atoms with E-state index in [-0.39, 0.29) is 23.4 Å². The molecule has 0 saturated heterocycles. The molecule has 0 atom stereocenters. The number of halogens is 2. The second-order valence-electron chi connectivity index (χ2n) is 7.76. The van der Waals surface area contributed by atoms with Crippen LogP contribution in [-0.4, -0.2) is 31.2 Å². The summed E-state index contributed by atoms with van der Waals surface area (Å²) in [5, 5.41) is 2.88. The Labute approximate surface area is 185 Å². The number of rotatable bonds is 6. The fourth-order valence-corrected chi connectivity index (χ4v) is 6.28. The van der Waals surface area contributed by atoms with Crippen LogP contribution in [0.25, 0.3) is 0 Å². The van der Waals surface area contributed by atoms with Crippen molar-refractivity contribution in [3.05, 3.63) is 57.8 Å². The number of carbonyl (C=O) groups is 1. The molecular formula is C22H26BrFN2O3S. The Morgan fingerprint density at radius 3 is 2.23 bits per heavy atom. The highest BCUT2D eigenvalue weighted by Gasteiger charge is 2.34. The molecule has 0 spiro atoms. The van der Waals surface area contributed by atoms with E-state index in [4.69, 9.17) is 0 Å². The minimum atomic E-state index is -3.93. The SMILES string of the molecule is Cc1cc(Br)cc(C)c1NC(=O)CN(C1CCCCC1)S(=O)(=O)c1ccc(F)cc1. The molecule has 162 valence electrons. The molecule has 0 aromatic heterocycles. The van der Waals surface area contributed by atoms with Crippen molar-refractivity contribution in [3.8, 4) is 0 Å². The van der Waals surface area contributed by atoms with Gasteiger partial charge in [0.25, 0.3) is 0 Å². The van der Waals surface area contributed by atoms with Crippen molar-refractivity contribution in [2.24, 2.45) is 0 Å². The van der Waals surface area contributed by atoms with Gasteiger partial charge in [-0.25, -0.2) is 12.8 Å². The number of hydrogen-bond acceptors (Lipinski definition) is 3. The van der Waals surface area contributed by atoms with Gasteiger partial charge in [-0.2, -0.15) is 4.31 Å². The van der Waals surface area contributed by atoms with E-state index < -0.39 is 15.8 Å². The maximum atomic E-state index is 13.3. The summed E-state index contributed by atoms with van der Waals surface area (Å²) in [6.45, 7) is 3.50. The first-order valence-electron chi connectivity index (χ1n) is 10.0. The van der Waals surface area contributed by atoms with Gasteiger partial charge in [-0.05, 0) is 74.2 Å². The van der Waals surface area contributed by atoms with E-state index in [1.165, 1.54) is 16.4 Å². The molecule has 5 nitrogen and oxygen atoms in total. The van der Waals surface area contributed by atoms with Crippen LogP contribution in [0.4, 0.5) is 10.1 Å². The van der Waals surface area contributed by atoms with Gasteiger partial charge < -0.3 is 5.32 Å². The van der Waals surface area contributed by atoms with Gasteiger partial charge in [-0.15, -0.1) is 0 Å². The molecule has 0 aliphatic heterocycles. The summed E-state index contributed by atoms with van der Waals surface area (Å²) >= 11 is 3.44. The highest BCUT2D eigenvalue weighted by Crippen LogP contribution is 2.29. The predicted molar refractivity (Wildman–Crippen MR) is 119 cm³/mol. The van der Waals surface area contributed by atoms with Crippen molar-refractivity contribution >= 4 is 37.5 Å². The maximum Gasteiger partial charge on any atom is 0.243 e. The Hall–Kier alpha value is -1.77. The van der Waals surface area contributed by atoms with E-state index >= 15 is 0 Å². The lowest BCUT2D eigenvalue weighted by molar-refractivity contribution is -0.116. The van der Waals surface area contributed by atoms with E-state index in [0.717, 1.165) is 47.0 Å². The lowest BCUT2D eigenvalue weighted by atomic mass is 9.95. The molecular weight excluding hydrogens is 471 g/mol. The molecule has 0 unspecified atom stereocenters. The molecule has 3 rings (SSSR count). The number of carbonyl (C=O) groups excluding carboxylic acids is 1. The Morgan fingerprint density at radius 1 is 1.10 bits per heavy atom. The van der Waals surface area contributed by atoms with E-state index in [9.17, 15) is 17.6 Å². The Bertz CT molecular complexity index is 996. The Morgan fingerprint density at radius 2 is 1.67 bits per heavy atom. The second-order valence-corrected chi connectivity index (χ2v) is 10.6. The Kier molecular flexibility index (Phi) is 7.31. The van der Waals surface area contributed by atoms with Gasteiger partial charge in [0.1, 0.15) is 5.82 Å². The summed E-state index contributed by atoms with van der Waals surface area (Å²) in [4.78, 5) is 12.9. The fraction of sp³-hybridized carbons (Fsp3) is 0.409. The lowest BCUT2D eigenvalue weighted by Gasteiger charge is -2.33. The monoisotopic (exact) mass is 496 g/mol. The lowest BCUT2D eigenvalue weighted by Crippen LogP contribution is -2.45. The van der Waals surface area contributed by atoms with Gasteiger partial charge >= 0.3 is 0 Å². The number of aryl methyl sites for hydroxylation is 2. The quantitative estimate of drug-likeness (QED) is 0.599. The molecule has 30 heavy (non-hydrogen) atoms. The van der Waals surface area contributed by atoms with Crippen LogP contribution in [0, 0.1) is 19.7 Å². The van der Waals surface area contributed by atoms with Gasteiger partial charge in [0.2, 0.25) is 15.9 Å². The van der Waals surface area contributed by atoms with Crippen molar-refractivity contribution in [1.29, 1.82) is 0 Å². The van der Waals surface area contributed by atoms with Gasteiger partial charge in [-0.3, -0.25) is 4.79 Å². The number of nitrogens with one attached hydrogen (secondary N) is 1. The van der Waals surface area contributed by atoms with Crippen molar-refractivity contribution in [1.82, 2.24) is 4.31 Å². The predicted octanol–water partition coefficient (Wildman–Crippen LogP) is 5.17. The van der Waals surface area contributed by atoms with Gasteiger partial charge in [-0.1, -0.05) is 35.2 Å². The molecule has 1 amide bonds. The fourth-order valence-electron chi connectivity index (χ4n) is 3.95. The highest BCUT2D eigenvalue weighted by atomic mass is 79.9. The molecule has 2 aromatic carbocycles. The summed E-state index contributed by atoms with van der Waals surface area (Å²) < 4.78 is 42.2. The molecule has 1 aliphatic carbocycles. The average Bonchev–Trinajstić information content (AvgIpc) is 2.70. The van der Waals surface area contributed by atoms with Crippen molar-refractivity contribution in [2.45, 2.75) is 56.9 Å². The zero-order valence-corrected chi connectivity index (χ0v) is 19.5. The van der Waals surface area contributed by atoms with E-state index in [1.54, 1.807) is 0 Å². The number of sulfonamides is 1.